The Morgan fingerprint density at radius 1 is 0.891 bits per heavy atom. The monoisotopic (exact) mass is 758 g/mol. The van der Waals surface area contributed by atoms with Crippen LogP contribution in [0.3, 0.4) is 0 Å². The Balaban J connectivity index is 1.51. The maximum absolute atomic E-state index is 14.4. The van der Waals surface area contributed by atoms with Crippen LogP contribution < -0.4 is 5.32 Å². The fraction of sp³-hybridized carbons (Fsp3) is 0.558. The van der Waals surface area contributed by atoms with Gasteiger partial charge in [0, 0.05) is 52.4 Å². The van der Waals surface area contributed by atoms with E-state index in [1.54, 1.807) is 18.1 Å². The lowest BCUT2D eigenvalue weighted by molar-refractivity contribution is -0.146. The molecule has 3 N–H and O–H groups in total. The number of likely N-dealkylation sites (N-methyl/N-ethyl adjacent to an activating group) is 3. The van der Waals surface area contributed by atoms with Gasteiger partial charge >= 0.3 is 6.09 Å². The average molecular weight is 759 g/mol. The Kier molecular flexibility index (Phi) is 17.2. The number of aromatic nitrogens is 2. The van der Waals surface area contributed by atoms with Gasteiger partial charge in [0.25, 0.3) is 5.91 Å². The van der Waals surface area contributed by atoms with E-state index >= 15 is 0 Å². The molecule has 1 heterocycles. The van der Waals surface area contributed by atoms with E-state index in [-0.39, 0.29) is 25.3 Å². The van der Waals surface area contributed by atoms with Gasteiger partial charge in [-0.3, -0.25) is 14.4 Å². The lowest BCUT2D eigenvalue weighted by Gasteiger charge is -2.34. The number of hydrogen-bond donors (Lipinski definition) is 3. The molecule has 12 heteroatoms. The highest BCUT2D eigenvalue weighted by Gasteiger charge is 2.37. The van der Waals surface area contributed by atoms with Gasteiger partial charge in [-0.2, -0.15) is 0 Å². The number of imidazole rings is 1. The minimum Gasteiger partial charge on any atom is -0.436 e. The van der Waals surface area contributed by atoms with Crippen molar-refractivity contribution in [3.8, 4) is 0 Å². The van der Waals surface area contributed by atoms with Crippen molar-refractivity contribution < 1.29 is 29.0 Å². The van der Waals surface area contributed by atoms with Crippen molar-refractivity contribution in [1.29, 1.82) is 0 Å². The smallest absolute Gasteiger partial charge is 0.410 e. The third-order valence-electron chi connectivity index (χ3n) is 10.7. The predicted octanol–water partition coefficient (Wildman–Crippen LogP) is 5.41. The van der Waals surface area contributed by atoms with Gasteiger partial charge in [0.2, 0.25) is 11.8 Å². The summed E-state index contributed by atoms with van der Waals surface area (Å²) >= 11 is 0. The lowest BCUT2D eigenvalue weighted by atomic mass is 9.83. The first-order valence-electron chi connectivity index (χ1n) is 19.9. The van der Waals surface area contributed by atoms with Gasteiger partial charge in [-0.15, -0.1) is 0 Å². The van der Waals surface area contributed by atoms with Crippen molar-refractivity contribution in [3.05, 3.63) is 90.0 Å². The third kappa shape index (κ3) is 14.1. The maximum atomic E-state index is 14.4. The minimum atomic E-state index is -1.29. The summed E-state index contributed by atoms with van der Waals surface area (Å²) in [5.41, 5.74) is 2.51. The largest absolute Gasteiger partial charge is 0.436 e. The number of nitrogens with zero attached hydrogens (tertiary/aromatic N) is 4. The molecular formula is C43H62N6O6. The highest BCUT2D eigenvalue weighted by atomic mass is 16.6. The molecule has 0 bridgehead atoms. The molecule has 4 atom stereocenters. The molecule has 1 saturated carbocycles. The van der Waals surface area contributed by atoms with E-state index in [0.717, 1.165) is 48.1 Å². The molecule has 300 valence electrons. The zero-order chi connectivity index (χ0) is 39.7. The Morgan fingerprint density at radius 2 is 1.55 bits per heavy atom. The van der Waals surface area contributed by atoms with Crippen molar-refractivity contribution >= 4 is 23.8 Å². The van der Waals surface area contributed by atoms with Gasteiger partial charge in [-0.05, 0) is 48.6 Å². The van der Waals surface area contributed by atoms with Crippen LogP contribution in [0.25, 0.3) is 0 Å². The van der Waals surface area contributed by atoms with Crippen LogP contribution >= 0.6 is 0 Å². The number of benzene rings is 2. The first kappa shape index (κ1) is 43.0. The topological polar surface area (TPSA) is 148 Å². The first-order chi connectivity index (χ1) is 26.4. The number of aliphatic hydroxyl groups excluding tert-OH is 1. The molecule has 1 fully saturated rings. The highest BCUT2D eigenvalue weighted by Crippen LogP contribution is 2.29. The summed E-state index contributed by atoms with van der Waals surface area (Å²) in [5.74, 6) is -0.436. The van der Waals surface area contributed by atoms with Crippen LogP contribution in [-0.2, 0) is 38.4 Å². The number of carbonyl (C=O) groups is 4. The van der Waals surface area contributed by atoms with Crippen molar-refractivity contribution in [2.75, 3.05) is 34.2 Å². The minimum absolute atomic E-state index is 0.0607. The Hall–Kier alpha value is -4.71. The summed E-state index contributed by atoms with van der Waals surface area (Å²) in [6, 6.07) is 17.6. The molecule has 1 aromatic heterocycles. The van der Waals surface area contributed by atoms with E-state index in [0.29, 0.717) is 43.3 Å². The average Bonchev–Trinajstić information content (AvgIpc) is 3.71. The molecule has 4 rings (SSSR count). The Morgan fingerprint density at radius 3 is 2.16 bits per heavy atom. The van der Waals surface area contributed by atoms with Crippen LogP contribution in [0.4, 0.5) is 4.79 Å². The van der Waals surface area contributed by atoms with Crippen LogP contribution in [0.15, 0.2) is 73.2 Å². The van der Waals surface area contributed by atoms with E-state index in [4.69, 9.17) is 4.74 Å². The second kappa shape index (κ2) is 22.0. The summed E-state index contributed by atoms with van der Waals surface area (Å²) in [7, 11) is 4.69. The highest BCUT2D eigenvalue weighted by molar-refractivity contribution is 5.91. The number of ether oxygens (including phenoxy) is 1. The standard InChI is InChI=1S/C43H62N6O6/c1-31(2)21-22-38(50)36(25-33-17-11-7-12-18-33)46-41(52)37(27-35-28-44-30-45-35)49(5)42(53)39(26-34-19-13-8-14-20-34)55-43(54)48(4)29-40(51)47(3)24-23-32-15-9-6-10-16-32/h6,8-10,13-16,19-20,28,30-31,33,36-39,50H,7,11-12,17-18,21-27,29H2,1-5H3,(H,44,45)(H,46,52)/t36-,37-,38-,39-/m0/s1. The molecular weight excluding hydrogens is 697 g/mol. The van der Waals surface area contributed by atoms with Crippen LogP contribution in [0.1, 0.15) is 82.0 Å². The van der Waals surface area contributed by atoms with E-state index in [1.807, 2.05) is 60.7 Å². The van der Waals surface area contributed by atoms with Gasteiger partial charge in [0.15, 0.2) is 6.10 Å². The number of H-pyrrole nitrogens is 1. The van der Waals surface area contributed by atoms with E-state index in [1.165, 1.54) is 31.7 Å². The fourth-order valence-corrected chi connectivity index (χ4v) is 7.14. The number of rotatable bonds is 20. The van der Waals surface area contributed by atoms with E-state index in [2.05, 4.69) is 29.1 Å². The number of aromatic amines is 1. The summed E-state index contributed by atoms with van der Waals surface area (Å²) in [6.45, 7) is 4.46. The van der Waals surface area contributed by atoms with E-state index < -0.39 is 42.2 Å². The summed E-state index contributed by atoms with van der Waals surface area (Å²) in [5, 5.41) is 14.6. The molecule has 4 amide bonds. The van der Waals surface area contributed by atoms with Gasteiger partial charge in [-0.1, -0.05) is 107 Å². The quantitative estimate of drug-likeness (QED) is 0.140. The molecule has 1 aliphatic carbocycles. The van der Waals surface area contributed by atoms with Gasteiger partial charge in [-0.25, -0.2) is 9.78 Å². The van der Waals surface area contributed by atoms with Gasteiger partial charge in [0.05, 0.1) is 18.5 Å². The van der Waals surface area contributed by atoms with Crippen LogP contribution in [-0.4, -0.2) is 112 Å². The molecule has 0 aliphatic heterocycles. The summed E-state index contributed by atoms with van der Waals surface area (Å²) < 4.78 is 5.88. The summed E-state index contributed by atoms with van der Waals surface area (Å²) in [4.78, 5) is 66.6. The number of nitrogens with one attached hydrogen (secondary N) is 2. The Bertz CT molecular complexity index is 1600. The SMILES string of the molecule is CC(C)CC[C@H](O)[C@H](CC1CCCCC1)NC(=O)[C@H](Cc1cnc[nH]1)N(C)C(=O)[C@H](Cc1ccccc1)OC(=O)N(C)CC(=O)N(C)CCc1ccccc1. The number of amides is 4. The van der Waals surface area contributed by atoms with Crippen LogP contribution in [0.2, 0.25) is 0 Å². The normalized spacial score (nSPS) is 15.4. The zero-order valence-corrected chi connectivity index (χ0v) is 33.4. The first-order valence-corrected chi connectivity index (χ1v) is 19.9. The molecule has 0 spiro atoms. The second-order valence-corrected chi connectivity index (χ2v) is 15.6. The predicted molar refractivity (Wildman–Crippen MR) is 213 cm³/mol. The molecule has 12 nitrogen and oxygen atoms in total. The van der Waals surface area contributed by atoms with Crippen molar-refractivity contribution in [2.24, 2.45) is 11.8 Å². The van der Waals surface area contributed by atoms with Crippen molar-refractivity contribution in [1.82, 2.24) is 30.0 Å². The van der Waals surface area contributed by atoms with Crippen molar-refractivity contribution in [2.45, 2.75) is 109 Å². The lowest BCUT2D eigenvalue weighted by Crippen LogP contribution is -2.56. The fourth-order valence-electron chi connectivity index (χ4n) is 7.14. The molecule has 3 aromatic rings. The number of hydrogen-bond acceptors (Lipinski definition) is 7. The maximum Gasteiger partial charge on any atom is 0.410 e. The van der Waals surface area contributed by atoms with Crippen LogP contribution in [0.5, 0.6) is 0 Å². The molecule has 1 aliphatic rings. The number of carbonyl (C=O) groups excluding carboxylic acids is 4. The molecule has 0 radical (unpaired) electrons. The summed E-state index contributed by atoms with van der Waals surface area (Å²) in [6.07, 6.45) is 8.80. The third-order valence-corrected chi connectivity index (χ3v) is 10.7. The van der Waals surface area contributed by atoms with E-state index in [9.17, 15) is 24.3 Å². The van der Waals surface area contributed by atoms with Crippen molar-refractivity contribution in [3.63, 3.8) is 0 Å². The zero-order valence-electron chi connectivity index (χ0n) is 33.4. The molecule has 0 saturated heterocycles. The molecule has 2 aromatic carbocycles. The second-order valence-electron chi connectivity index (χ2n) is 15.6. The van der Waals surface area contributed by atoms with Gasteiger partial charge in [0.1, 0.15) is 12.6 Å². The molecule has 55 heavy (non-hydrogen) atoms. The van der Waals surface area contributed by atoms with Gasteiger partial charge < -0.3 is 34.8 Å². The van der Waals surface area contributed by atoms with Crippen LogP contribution in [0, 0.1) is 11.8 Å². The Labute approximate surface area is 327 Å². The number of aliphatic hydroxyl groups is 1. The molecule has 0 unspecified atom stereocenters.